The molecule has 4 atom stereocenters. The van der Waals surface area contributed by atoms with Gasteiger partial charge in [0.25, 0.3) is 0 Å². The lowest BCUT2D eigenvalue weighted by Gasteiger charge is -2.27. The molecule has 1 saturated heterocycles. The highest BCUT2D eigenvalue weighted by atomic mass is 32.2. The normalized spacial score (nSPS) is 31.9. The number of anilines is 1. The van der Waals surface area contributed by atoms with Crippen LogP contribution in [0.4, 0.5) is 5.69 Å². The first-order valence-electron chi connectivity index (χ1n) is 9.63. The van der Waals surface area contributed by atoms with Gasteiger partial charge < -0.3 is 11.1 Å². The van der Waals surface area contributed by atoms with Crippen LogP contribution < -0.4 is 11.1 Å². The summed E-state index contributed by atoms with van der Waals surface area (Å²) in [6.45, 7) is 1.14. The van der Waals surface area contributed by atoms with Crippen LogP contribution >= 0.6 is 0 Å². The van der Waals surface area contributed by atoms with Crippen molar-refractivity contribution in [3.8, 4) is 0 Å². The molecule has 0 spiro atoms. The molecule has 3 aliphatic rings. The fraction of sp³-hybridized carbons (Fsp3) is 0.632. The molecule has 4 unspecified atom stereocenters. The van der Waals surface area contributed by atoms with E-state index in [1.165, 1.54) is 0 Å². The molecule has 1 aromatic rings. The van der Waals surface area contributed by atoms with Crippen LogP contribution in [0.1, 0.15) is 38.5 Å². The molecule has 6 nitrogen and oxygen atoms in total. The lowest BCUT2D eigenvalue weighted by molar-refractivity contribution is -0.121. The van der Waals surface area contributed by atoms with Gasteiger partial charge in [-0.2, -0.15) is 4.31 Å². The number of sulfonamides is 1. The molecule has 142 valence electrons. The van der Waals surface area contributed by atoms with Gasteiger partial charge in [-0.25, -0.2) is 8.42 Å². The SMILES string of the molecule is NC1C2CCC(C2)C1C(=O)Nc1cccc(S(=O)(=O)N2CCCCC2)c1. The van der Waals surface area contributed by atoms with Crippen LogP contribution in [0.15, 0.2) is 29.2 Å². The number of fused-ring (bicyclic) bond motifs is 2. The fourth-order valence-corrected chi connectivity index (χ4v) is 6.50. The summed E-state index contributed by atoms with van der Waals surface area (Å²) in [5, 5.41) is 2.91. The molecule has 3 fully saturated rings. The quantitative estimate of drug-likeness (QED) is 0.841. The van der Waals surface area contributed by atoms with E-state index in [2.05, 4.69) is 5.32 Å². The number of carbonyl (C=O) groups excluding carboxylic acids is 1. The lowest BCUT2D eigenvalue weighted by Crippen LogP contribution is -2.42. The highest BCUT2D eigenvalue weighted by Crippen LogP contribution is 2.47. The monoisotopic (exact) mass is 377 g/mol. The van der Waals surface area contributed by atoms with Crippen LogP contribution in [0.2, 0.25) is 0 Å². The standard InChI is InChI=1S/C19H27N3O3S/c20-18-14-8-7-13(11-14)17(18)19(23)21-15-5-4-6-16(12-15)26(24,25)22-9-2-1-3-10-22/h4-6,12-14,17-18H,1-3,7-11,20H2,(H,21,23). The Kier molecular flexibility index (Phi) is 4.79. The third-order valence-corrected chi connectivity index (χ3v) is 8.23. The van der Waals surface area contributed by atoms with E-state index in [1.807, 2.05) is 0 Å². The lowest BCUT2D eigenvalue weighted by atomic mass is 9.84. The third kappa shape index (κ3) is 3.17. The van der Waals surface area contributed by atoms with Gasteiger partial charge >= 0.3 is 0 Å². The van der Waals surface area contributed by atoms with Gasteiger partial charge in [0.15, 0.2) is 0 Å². The van der Waals surface area contributed by atoms with Crippen molar-refractivity contribution in [2.24, 2.45) is 23.5 Å². The molecule has 1 aromatic carbocycles. The van der Waals surface area contributed by atoms with Crippen molar-refractivity contribution < 1.29 is 13.2 Å². The van der Waals surface area contributed by atoms with Crippen molar-refractivity contribution in [3.05, 3.63) is 24.3 Å². The Bertz CT molecular complexity index is 787. The summed E-state index contributed by atoms with van der Waals surface area (Å²) in [5.74, 6) is 0.602. The molecule has 1 heterocycles. The van der Waals surface area contributed by atoms with Crippen LogP contribution in [-0.2, 0) is 14.8 Å². The maximum absolute atomic E-state index is 12.8. The fourth-order valence-electron chi connectivity index (χ4n) is 4.94. The van der Waals surface area contributed by atoms with Gasteiger partial charge in [0.2, 0.25) is 15.9 Å². The highest BCUT2D eigenvalue weighted by Gasteiger charge is 2.49. The zero-order valence-corrected chi connectivity index (χ0v) is 15.7. The van der Waals surface area contributed by atoms with E-state index in [9.17, 15) is 13.2 Å². The van der Waals surface area contributed by atoms with Crippen molar-refractivity contribution in [2.75, 3.05) is 18.4 Å². The topological polar surface area (TPSA) is 92.5 Å². The molecule has 1 aliphatic heterocycles. The number of hydrogen-bond donors (Lipinski definition) is 2. The Hall–Kier alpha value is -1.44. The second-order valence-corrected chi connectivity index (χ2v) is 9.86. The van der Waals surface area contributed by atoms with Crippen LogP contribution in [0.5, 0.6) is 0 Å². The first-order chi connectivity index (χ1) is 12.5. The number of nitrogens with two attached hydrogens (primary N) is 1. The number of benzene rings is 1. The Balaban J connectivity index is 1.50. The molecule has 4 rings (SSSR count). The predicted octanol–water partition coefficient (Wildman–Crippen LogP) is 2.17. The van der Waals surface area contributed by atoms with Gasteiger partial charge in [-0.3, -0.25) is 4.79 Å². The zero-order valence-electron chi connectivity index (χ0n) is 14.9. The summed E-state index contributed by atoms with van der Waals surface area (Å²) in [6.07, 6.45) is 6.11. The molecule has 0 radical (unpaired) electrons. The maximum Gasteiger partial charge on any atom is 0.243 e. The Morgan fingerprint density at radius 3 is 2.54 bits per heavy atom. The van der Waals surface area contributed by atoms with Gasteiger partial charge in [-0.05, 0) is 62.1 Å². The largest absolute Gasteiger partial charge is 0.327 e. The van der Waals surface area contributed by atoms with E-state index in [-0.39, 0.29) is 22.8 Å². The summed E-state index contributed by atoms with van der Waals surface area (Å²) >= 11 is 0. The van der Waals surface area contributed by atoms with Gasteiger partial charge in [0.1, 0.15) is 0 Å². The second-order valence-electron chi connectivity index (χ2n) is 7.92. The maximum atomic E-state index is 12.8. The Morgan fingerprint density at radius 1 is 1.12 bits per heavy atom. The molecule has 7 heteroatoms. The van der Waals surface area contributed by atoms with Crippen LogP contribution in [-0.4, -0.2) is 37.8 Å². The molecular weight excluding hydrogens is 350 g/mol. The van der Waals surface area contributed by atoms with Gasteiger partial charge in [-0.1, -0.05) is 12.5 Å². The number of nitrogens with zero attached hydrogens (tertiary/aromatic N) is 1. The first kappa shape index (κ1) is 17.9. The summed E-state index contributed by atoms with van der Waals surface area (Å²) < 4.78 is 27.2. The van der Waals surface area contributed by atoms with Crippen molar-refractivity contribution in [2.45, 2.75) is 49.5 Å². The number of hydrogen-bond acceptors (Lipinski definition) is 4. The van der Waals surface area contributed by atoms with E-state index >= 15 is 0 Å². The smallest absolute Gasteiger partial charge is 0.243 e. The highest BCUT2D eigenvalue weighted by molar-refractivity contribution is 7.89. The van der Waals surface area contributed by atoms with Crippen LogP contribution in [0.3, 0.4) is 0 Å². The molecular formula is C19H27N3O3S. The van der Waals surface area contributed by atoms with E-state index in [4.69, 9.17) is 5.73 Å². The van der Waals surface area contributed by atoms with Crippen LogP contribution in [0, 0.1) is 17.8 Å². The third-order valence-electron chi connectivity index (χ3n) is 6.34. The number of piperidine rings is 1. The van der Waals surface area contributed by atoms with Crippen molar-refractivity contribution in [1.29, 1.82) is 0 Å². The molecule has 1 amide bonds. The number of carbonyl (C=O) groups is 1. The molecule has 2 saturated carbocycles. The zero-order chi connectivity index (χ0) is 18.3. The van der Waals surface area contributed by atoms with Crippen molar-refractivity contribution >= 4 is 21.6 Å². The minimum absolute atomic E-state index is 0.0720. The van der Waals surface area contributed by atoms with Crippen LogP contribution in [0.25, 0.3) is 0 Å². The summed E-state index contributed by atoms with van der Waals surface area (Å²) in [7, 11) is -3.50. The molecule has 26 heavy (non-hydrogen) atoms. The summed E-state index contributed by atoms with van der Waals surface area (Å²) in [4.78, 5) is 13.0. The summed E-state index contributed by atoms with van der Waals surface area (Å²) in [6, 6.07) is 6.52. The average Bonchev–Trinajstić information content (AvgIpc) is 3.24. The van der Waals surface area contributed by atoms with Gasteiger partial charge in [0.05, 0.1) is 10.8 Å². The first-order valence-corrected chi connectivity index (χ1v) is 11.1. The minimum atomic E-state index is -3.50. The molecule has 2 bridgehead atoms. The van der Waals surface area contributed by atoms with E-state index in [1.54, 1.807) is 28.6 Å². The van der Waals surface area contributed by atoms with Gasteiger partial charge in [-0.15, -0.1) is 0 Å². The number of nitrogens with one attached hydrogen (secondary N) is 1. The Labute approximate surface area is 155 Å². The molecule has 2 aliphatic carbocycles. The van der Waals surface area contributed by atoms with Crippen molar-refractivity contribution in [1.82, 2.24) is 4.31 Å². The Morgan fingerprint density at radius 2 is 1.85 bits per heavy atom. The minimum Gasteiger partial charge on any atom is -0.327 e. The van der Waals surface area contributed by atoms with Crippen molar-refractivity contribution in [3.63, 3.8) is 0 Å². The average molecular weight is 378 g/mol. The predicted molar refractivity (Wildman–Crippen MR) is 100.0 cm³/mol. The summed E-state index contributed by atoms with van der Waals surface area (Å²) in [5.41, 5.74) is 6.78. The number of amides is 1. The molecule has 3 N–H and O–H groups in total. The molecule has 0 aromatic heterocycles. The van der Waals surface area contributed by atoms with E-state index < -0.39 is 10.0 Å². The number of rotatable bonds is 4. The second kappa shape index (κ2) is 6.94. The van der Waals surface area contributed by atoms with E-state index in [0.717, 1.165) is 38.5 Å². The van der Waals surface area contributed by atoms with Gasteiger partial charge in [0, 0.05) is 24.8 Å². The van der Waals surface area contributed by atoms with E-state index in [0.29, 0.717) is 30.6 Å².